The van der Waals surface area contributed by atoms with Gasteiger partial charge in [-0.05, 0) is 48.1 Å². The summed E-state index contributed by atoms with van der Waals surface area (Å²) in [6, 6.07) is 14.5. The lowest BCUT2D eigenvalue weighted by atomic mass is 10.1. The van der Waals surface area contributed by atoms with Crippen molar-refractivity contribution in [3.63, 3.8) is 0 Å². The predicted octanol–water partition coefficient (Wildman–Crippen LogP) is 2.58. The van der Waals surface area contributed by atoms with E-state index in [-0.39, 0.29) is 43.1 Å². The molecule has 2 aromatic carbocycles. The van der Waals surface area contributed by atoms with E-state index in [1.807, 2.05) is 36.4 Å². The van der Waals surface area contributed by atoms with Crippen molar-refractivity contribution in [3.05, 3.63) is 65.2 Å². The van der Waals surface area contributed by atoms with E-state index in [4.69, 9.17) is 5.73 Å². The highest BCUT2D eigenvalue weighted by Gasteiger charge is 2.20. The smallest absolute Gasteiger partial charge is 0.221 e. The van der Waals surface area contributed by atoms with Gasteiger partial charge in [-0.1, -0.05) is 36.4 Å². The lowest BCUT2D eigenvalue weighted by Gasteiger charge is -2.13. The molecule has 1 unspecified atom stereocenters. The molecule has 1 atom stereocenters. The van der Waals surface area contributed by atoms with Crippen LogP contribution in [-0.2, 0) is 27.5 Å². The fraction of sp³-hybridized carbons (Fsp3) is 0.350. The number of aryl methyl sites for hydroxylation is 2. The van der Waals surface area contributed by atoms with Crippen LogP contribution in [-0.4, -0.2) is 26.6 Å². The highest BCUT2D eigenvalue weighted by molar-refractivity contribution is 7.91. The zero-order valence-corrected chi connectivity index (χ0v) is 16.7. The van der Waals surface area contributed by atoms with Crippen molar-refractivity contribution in [1.29, 1.82) is 0 Å². The fourth-order valence-electron chi connectivity index (χ4n) is 3.22. The van der Waals surface area contributed by atoms with Crippen molar-refractivity contribution in [2.75, 3.05) is 12.3 Å². The average Bonchev–Trinajstić information content (AvgIpc) is 3.13. The molecule has 0 bridgehead atoms. The molecule has 27 heavy (non-hydrogen) atoms. The third-order valence-electron chi connectivity index (χ3n) is 4.77. The highest BCUT2D eigenvalue weighted by Crippen LogP contribution is 2.25. The van der Waals surface area contributed by atoms with Crippen LogP contribution < -0.4 is 11.1 Å². The van der Waals surface area contributed by atoms with Gasteiger partial charge in [0.25, 0.3) is 0 Å². The van der Waals surface area contributed by atoms with Gasteiger partial charge in [-0.25, -0.2) is 8.42 Å². The molecule has 5 nitrogen and oxygen atoms in total. The van der Waals surface area contributed by atoms with Gasteiger partial charge in [-0.2, -0.15) is 0 Å². The predicted molar refractivity (Wildman–Crippen MR) is 109 cm³/mol. The number of nitrogens with two attached hydrogens (primary N) is 1. The lowest BCUT2D eigenvalue weighted by Crippen LogP contribution is -2.32. The number of hydrogen-bond acceptors (Lipinski definition) is 4. The Labute approximate surface area is 166 Å². The molecule has 0 aromatic heterocycles. The van der Waals surface area contributed by atoms with Gasteiger partial charge >= 0.3 is 0 Å². The monoisotopic (exact) mass is 408 g/mol. The van der Waals surface area contributed by atoms with Gasteiger partial charge < -0.3 is 11.1 Å². The third kappa shape index (κ3) is 5.54. The molecule has 0 saturated carbocycles. The first-order valence-corrected chi connectivity index (χ1v) is 10.5. The summed E-state index contributed by atoms with van der Waals surface area (Å²) in [5, 5.41) is 2.72. The maximum atomic E-state index is 12.5. The molecule has 7 heteroatoms. The number of rotatable bonds is 7. The molecule has 0 heterocycles. The molecule has 0 spiro atoms. The minimum absolute atomic E-state index is 0. The SMILES string of the molecule is Cl.NC(CNC(=O)CCS(=O)(=O)c1ccc2c(c1)CCC2)c1ccccc1. The summed E-state index contributed by atoms with van der Waals surface area (Å²) < 4.78 is 25.0. The minimum Gasteiger partial charge on any atom is -0.354 e. The van der Waals surface area contributed by atoms with Crippen molar-refractivity contribution in [2.24, 2.45) is 5.73 Å². The van der Waals surface area contributed by atoms with Crippen LogP contribution >= 0.6 is 12.4 Å². The molecule has 3 N–H and O–H groups in total. The third-order valence-corrected chi connectivity index (χ3v) is 6.49. The number of hydrogen-bond donors (Lipinski definition) is 2. The first kappa shape index (κ1) is 21.4. The quantitative estimate of drug-likeness (QED) is 0.736. The second-order valence-corrected chi connectivity index (χ2v) is 8.78. The molecule has 0 fully saturated rings. The Morgan fingerprint density at radius 2 is 1.78 bits per heavy atom. The van der Waals surface area contributed by atoms with Crippen LogP contribution in [0, 0.1) is 0 Å². The zero-order chi connectivity index (χ0) is 18.6. The van der Waals surface area contributed by atoms with Crippen molar-refractivity contribution >= 4 is 28.2 Å². The summed E-state index contributed by atoms with van der Waals surface area (Å²) in [7, 11) is -3.46. The van der Waals surface area contributed by atoms with Gasteiger partial charge in [-0.15, -0.1) is 12.4 Å². The van der Waals surface area contributed by atoms with Gasteiger partial charge in [0.1, 0.15) is 0 Å². The summed E-state index contributed by atoms with van der Waals surface area (Å²) in [5.74, 6) is -0.501. The first-order valence-electron chi connectivity index (χ1n) is 8.87. The van der Waals surface area contributed by atoms with Crippen molar-refractivity contribution < 1.29 is 13.2 Å². The molecular formula is C20H25ClN2O3S. The summed E-state index contributed by atoms with van der Waals surface area (Å²) in [4.78, 5) is 12.3. The Bertz CT molecular complexity index is 885. The maximum absolute atomic E-state index is 12.5. The molecule has 0 saturated heterocycles. The largest absolute Gasteiger partial charge is 0.354 e. The number of halogens is 1. The van der Waals surface area contributed by atoms with Crippen LogP contribution in [0.1, 0.15) is 35.6 Å². The number of carbonyl (C=O) groups is 1. The second kappa shape index (κ2) is 9.35. The van der Waals surface area contributed by atoms with E-state index in [0.29, 0.717) is 4.90 Å². The molecule has 3 rings (SSSR count). The maximum Gasteiger partial charge on any atom is 0.221 e. The molecule has 0 radical (unpaired) electrons. The number of fused-ring (bicyclic) bond motifs is 1. The van der Waals surface area contributed by atoms with E-state index in [2.05, 4.69) is 5.32 Å². The normalized spacial score (nSPS) is 14.1. The van der Waals surface area contributed by atoms with Gasteiger partial charge in [0, 0.05) is 19.0 Å². The average molecular weight is 409 g/mol. The molecule has 1 amide bonds. The summed E-state index contributed by atoms with van der Waals surface area (Å²) in [5.41, 5.74) is 9.31. The summed E-state index contributed by atoms with van der Waals surface area (Å²) >= 11 is 0. The Morgan fingerprint density at radius 1 is 1.07 bits per heavy atom. The van der Waals surface area contributed by atoms with Gasteiger partial charge in [0.05, 0.1) is 10.6 Å². The molecule has 1 aliphatic carbocycles. The molecule has 146 valence electrons. The van der Waals surface area contributed by atoms with E-state index < -0.39 is 9.84 Å². The van der Waals surface area contributed by atoms with Gasteiger partial charge in [0.2, 0.25) is 5.91 Å². The van der Waals surface area contributed by atoms with E-state index in [1.165, 1.54) is 5.56 Å². The van der Waals surface area contributed by atoms with E-state index in [9.17, 15) is 13.2 Å². The minimum atomic E-state index is -3.46. The summed E-state index contributed by atoms with van der Waals surface area (Å²) in [6.07, 6.45) is 2.94. The summed E-state index contributed by atoms with van der Waals surface area (Å²) in [6.45, 7) is 0.280. The van der Waals surface area contributed by atoms with Crippen LogP contribution in [0.5, 0.6) is 0 Å². The Balaban J connectivity index is 0.00000261. The Morgan fingerprint density at radius 3 is 2.52 bits per heavy atom. The molecule has 1 aliphatic rings. The number of amides is 1. The second-order valence-electron chi connectivity index (χ2n) is 6.67. The lowest BCUT2D eigenvalue weighted by molar-refractivity contribution is -0.120. The van der Waals surface area contributed by atoms with Gasteiger partial charge in [0.15, 0.2) is 9.84 Å². The van der Waals surface area contributed by atoms with Gasteiger partial charge in [-0.3, -0.25) is 4.79 Å². The van der Waals surface area contributed by atoms with Crippen molar-refractivity contribution in [3.8, 4) is 0 Å². The van der Waals surface area contributed by atoms with Crippen molar-refractivity contribution in [1.82, 2.24) is 5.32 Å². The molecule has 0 aliphatic heterocycles. The number of sulfone groups is 1. The van der Waals surface area contributed by atoms with Crippen LogP contribution in [0.2, 0.25) is 0 Å². The fourth-order valence-corrected chi connectivity index (χ4v) is 4.50. The van der Waals surface area contributed by atoms with Crippen molar-refractivity contribution in [2.45, 2.75) is 36.6 Å². The molecule has 2 aromatic rings. The number of nitrogens with one attached hydrogen (secondary N) is 1. The van der Waals surface area contributed by atoms with E-state index >= 15 is 0 Å². The first-order chi connectivity index (χ1) is 12.5. The zero-order valence-electron chi connectivity index (χ0n) is 15.1. The topological polar surface area (TPSA) is 89.3 Å². The van der Waals surface area contributed by atoms with Crippen LogP contribution in [0.15, 0.2) is 53.4 Å². The molecular weight excluding hydrogens is 384 g/mol. The standard InChI is InChI=1S/C20H24N2O3S.ClH/c21-19(16-5-2-1-3-6-16)14-22-20(23)11-12-26(24,25)18-10-9-15-7-4-8-17(15)13-18;/h1-3,5-6,9-10,13,19H,4,7-8,11-12,14,21H2,(H,22,23);1H. The highest BCUT2D eigenvalue weighted by atomic mass is 35.5. The number of carbonyl (C=O) groups excluding carboxylic acids is 1. The Hall–Kier alpha value is -1.89. The van der Waals surface area contributed by atoms with Crippen LogP contribution in [0.25, 0.3) is 0 Å². The van der Waals surface area contributed by atoms with E-state index in [0.717, 1.165) is 30.4 Å². The van der Waals surface area contributed by atoms with Crippen LogP contribution in [0.3, 0.4) is 0 Å². The van der Waals surface area contributed by atoms with E-state index in [1.54, 1.807) is 12.1 Å². The Kier molecular flexibility index (Phi) is 7.41. The number of benzene rings is 2. The van der Waals surface area contributed by atoms with Crippen LogP contribution in [0.4, 0.5) is 0 Å².